The number of ether oxygens (including phenoxy) is 2. The van der Waals surface area contributed by atoms with Crippen molar-refractivity contribution in [2.24, 2.45) is 5.92 Å². The van der Waals surface area contributed by atoms with E-state index in [2.05, 4.69) is 19.2 Å². The third-order valence-electron chi connectivity index (χ3n) is 3.21. The Hall–Kier alpha value is -1.13. The van der Waals surface area contributed by atoms with E-state index in [0.717, 1.165) is 25.1 Å². The molecule has 20 heavy (non-hydrogen) atoms. The normalized spacial score (nSPS) is 12.7. The topological polar surface area (TPSA) is 30.5 Å². The summed E-state index contributed by atoms with van der Waals surface area (Å²) >= 11 is 0. The van der Waals surface area contributed by atoms with Crippen LogP contribution in [0, 0.1) is 11.7 Å². The Bertz CT molecular complexity index is 396. The highest BCUT2D eigenvalue weighted by molar-refractivity contribution is 5.31. The fraction of sp³-hybridized carbons (Fsp3) is 0.625. The van der Waals surface area contributed by atoms with Gasteiger partial charge in [-0.3, -0.25) is 0 Å². The zero-order valence-electron chi connectivity index (χ0n) is 12.9. The van der Waals surface area contributed by atoms with Crippen molar-refractivity contribution in [2.45, 2.75) is 33.2 Å². The van der Waals surface area contributed by atoms with E-state index in [4.69, 9.17) is 9.47 Å². The SMILES string of the molecule is COc1cc(C(C)NCCOCCC(C)C)ccc1F. The molecule has 0 fully saturated rings. The van der Waals surface area contributed by atoms with Gasteiger partial charge in [0, 0.05) is 19.2 Å². The predicted octanol–water partition coefficient (Wildman–Crippen LogP) is 3.55. The number of methoxy groups -OCH3 is 1. The van der Waals surface area contributed by atoms with Crippen molar-refractivity contribution in [2.75, 3.05) is 26.9 Å². The van der Waals surface area contributed by atoms with Crippen LogP contribution >= 0.6 is 0 Å². The van der Waals surface area contributed by atoms with E-state index >= 15 is 0 Å². The third kappa shape index (κ3) is 5.88. The molecule has 0 spiro atoms. The Kier molecular flexibility index (Phi) is 7.55. The monoisotopic (exact) mass is 283 g/mol. The van der Waals surface area contributed by atoms with Crippen LogP contribution in [-0.4, -0.2) is 26.9 Å². The second-order valence-corrected chi connectivity index (χ2v) is 5.36. The molecular formula is C16H26FNO2. The largest absolute Gasteiger partial charge is 0.494 e. The smallest absolute Gasteiger partial charge is 0.165 e. The van der Waals surface area contributed by atoms with E-state index in [1.165, 1.54) is 13.2 Å². The lowest BCUT2D eigenvalue weighted by molar-refractivity contribution is 0.123. The van der Waals surface area contributed by atoms with E-state index in [-0.39, 0.29) is 17.6 Å². The maximum atomic E-state index is 13.3. The predicted molar refractivity (Wildman–Crippen MR) is 79.6 cm³/mol. The first-order valence-electron chi connectivity index (χ1n) is 7.19. The molecule has 3 nitrogen and oxygen atoms in total. The van der Waals surface area contributed by atoms with E-state index in [0.29, 0.717) is 12.5 Å². The van der Waals surface area contributed by atoms with Gasteiger partial charge in [-0.2, -0.15) is 0 Å². The Morgan fingerprint density at radius 1 is 1.20 bits per heavy atom. The van der Waals surface area contributed by atoms with Crippen molar-refractivity contribution in [1.29, 1.82) is 0 Å². The van der Waals surface area contributed by atoms with Crippen LogP contribution in [0.2, 0.25) is 0 Å². The average molecular weight is 283 g/mol. The lowest BCUT2D eigenvalue weighted by Gasteiger charge is -2.15. The van der Waals surface area contributed by atoms with Gasteiger partial charge in [0.2, 0.25) is 0 Å². The van der Waals surface area contributed by atoms with Gasteiger partial charge in [-0.15, -0.1) is 0 Å². The highest BCUT2D eigenvalue weighted by atomic mass is 19.1. The van der Waals surface area contributed by atoms with E-state index in [9.17, 15) is 4.39 Å². The molecule has 1 rings (SSSR count). The van der Waals surface area contributed by atoms with Crippen molar-refractivity contribution in [3.8, 4) is 5.75 Å². The van der Waals surface area contributed by atoms with Crippen molar-refractivity contribution in [1.82, 2.24) is 5.32 Å². The maximum absolute atomic E-state index is 13.3. The summed E-state index contributed by atoms with van der Waals surface area (Å²) in [4.78, 5) is 0. The second kappa shape index (κ2) is 8.93. The highest BCUT2D eigenvalue weighted by Crippen LogP contribution is 2.22. The third-order valence-corrected chi connectivity index (χ3v) is 3.21. The molecule has 0 aliphatic carbocycles. The summed E-state index contributed by atoms with van der Waals surface area (Å²) in [6.45, 7) is 8.68. The minimum absolute atomic E-state index is 0.137. The Labute approximate surface area is 121 Å². The second-order valence-electron chi connectivity index (χ2n) is 5.36. The quantitative estimate of drug-likeness (QED) is 0.703. The molecule has 0 bridgehead atoms. The number of rotatable bonds is 9. The number of halogens is 1. The van der Waals surface area contributed by atoms with Crippen LogP contribution in [0.15, 0.2) is 18.2 Å². The molecule has 0 aliphatic heterocycles. The van der Waals surface area contributed by atoms with Crippen molar-refractivity contribution >= 4 is 0 Å². The van der Waals surface area contributed by atoms with Gasteiger partial charge in [0.1, 0.15) is 0 Å². The summed E-state index contributed by atoms with van der Waals surface area (Å²) in [5, 5.41) is 3.35. The summed E-state index contributed by atoms with van der Waals surface area (Å²) in [5.41, 5.74) is 1.01. The lowest BCUT2D eigenvalue weighted by atomic mass is 10.1. The van der Waals surface area contributed by atoms with Gasteiger partial charge in [-0.05, 0) is 37.0 Å². The molecule has 0 aromatic heterocycles. The van der Waals surface area contributed by atoms with Crippen molar-refractivity contribution < 1.29 is 13.9 Å². The van der Waals surface area contributed by atoms with Gasteiger partial charge < -0.3 is 14.8 Å². The molecule has 0 radical (unpaired) electrons. The maximum Gasteiger partial charge on any atom is 0.165 e. The molecule has 1 unspecified atom stereocenters. The van der Waals surface area contributed by atoms with Crippen LogP contribution < -0.4 is 10.1 Å². The first kappa shape index (κ1) is 16.9. The summed E-state index contributed by atoms with van der Waals surface area (Å²) in [6, 6.07) is 5.07. The highest BCUT2D eigenvalue weighted by Gasteiger charge is 2.09. The first-order chi connectivity index (χ1) is 9.54. The van der Waals surface area contributed by atoms with Crippen LogP contribution in [0.25, 0.3) is 0 Å². The van der Waals surface area contributed by atoms with Crippen LogP contribution in [0.5, 0.6) is 5.75 Å². The molecule has 0 saturated carbocycles. The minimum atomic E-state index is -0.333. The number of benzene rings is 1. The van der Waals surface area contributed by atoms with Gasteiger partial charge in [-0.1, -0.05) is 19.9 Å². The van der Waals surface area contributed by atoms with Crippen molar-refractivity contribution in [3.63, 3.8) is 0 Å². The summed E-state index contributed by atoms with van der Waals surface area (Å²) in [7, 11) is 1.48. The van der Waals surface area contributed by atoms with Crippen LogP contribution in [0.4, 0.5) is 4.39 Å². The Morgan fingerprint density at radius 2 is 1.95 bits per heavy atom. The Morgan fingerprint density at radius 3 is 2.60 bits per heavy atom. The van der Waals surface area contributed by atoms with E-state index < -0.39 is 0 Å². The number of hydrogen-bond donors (Lipinski definition) is 1. The van der Waals surface area contributed by atoms with Crippen LogP contribution in [-0.2, 0) is 4.74 Å². The Balaban J connectivity index is 2.30. The minimum Gasteiger partial charge on any atom is -0.494 e. The van der Waals surface area contributed by atoms with Gasteiger partial charge in [0.25, 0.3) is 0 Å². The fourth-order valence-electron chi connectivity index (χ4n) is 1.83. The summed E-state index contributed by atoms with van der Waals surface area (Å²) < 4.78 is 23.9. The van der Waals surface area contributed by atoms with Crippen LogP contribution in [0.1, 0.15) is 38.8 Å². The standard InChI is InChI=1S/C16H26FNO2/c1-12(2)7-9-20-10-8-18-13(3)14-5-6-15(17)16(11-14)19-4/h5-6,11-13,18H,7-10H2,1-4H3. The summed E-state index contributed by atoms with van der Waals surface area (Å²) in [5.74, 6) is 0.623. The molecule has 1 N–H and O–H groups in total. The zero-order valence-corrected chi connectivity index (χ0v) is 12.9. The summed E-state index contributed by atoms with van der Waals surface area (Å²) in [6.07, 6.45) is 1.09. The number of nitrogens with one attached hydrogen (secondary N) is 1. The van der Waals surface area contributed by atoms with Gasteiger partial charge in [0.05, 0.1) is 13.7 Å². The molecule has 0 amide bonds. The molecule has 0 aliphatic rings. The molecular weight excluding hydrogens is 257 g/mol. The first-order valence-corrected chi connectivity index (χ1v) is 7.19. The molecule has 1 aromatic carbocycles. The van der Waals surface area contributed by atoms with Gasteiger partial charge >= 0.3 is 0 Å². The van der Waals surface area contributed by atoms with Crippen LogP contribution in [0.3, 0.4) is 0 Å². The van der Waals surface area contributed by atoms with Gasteiger partial charge in [0.15, 0.2) is 11.6 Å². The average Bonchev–Trinajstić information content (AvgIpc) is 2.42. The molecule has 1 atom stereocenters. The van der Waals surface area contributed by atoms with Crippen molar-refractivity contribution in [3.05, 3.63) is 29.6 Å². The molecule has 114 valence electrons. The van der Waals surface area contributed by atoms with Gasteiger partial charge in [-0.25, -0.2) is 4.39 Å². The fourth-order valence-corrected chi connectivity index (χ4v) is 1.83. The number of hydrogen-bond acceptors (Lipinski definition) is 3. The van der Waals surface area contributed by atoms with E-state index in [1.54, 1.807) is 12.1 Å². The molecule has 4 heteroatoms. The zero-order chi connectivity index (χ0) is 15.0. The molecule has 1 aromatic rings. The lowest BCUT2D eigenvalue weighted by Crippen LogP contribution is -2.23. The molecule has 0 saturated heterocycles. The van der Waals surface area contributed by atoms with E-state index in [1.807, 2.05) is 6.92 Å². The molecule has 0 heterocycles.